The van der Waals surface area contributed by atoms with Crippen molar-refractivity contribution in [3.8, 4) is 0 Å². The van der Waals surface area contributed by atoms with Crippen molar-refractivity contribution in [3.05, 3.63) is 0 Å². The molecule has 1 heterocycles. The molecule has 1 aliphatic carbocycles. The minimum atomic E-state index is -0.162. The van der Waals surface area contributed by atoms with Crippen LogP contribution in [0.4, 0.5) is 0 Å². The molecule has 1 aliphatic heterocycles. The Morgan fingerprint density at radius 3 is 2.46 bits per heavy atom. The first kappa shape index (κ1) is 20.5. The zero-order chi connectivity index (χ0) is 18.9. The number of hydrogen-bond donors (Lipinski definition) is 2. The van der Waals surface area contributed by atoms with Gasteiger partial charge in [-0.2, -0.15) is 0 Å². The highest BCUT2D eigenvalue weighted by atomic mass is 16.5. The Morgan fingerprint density at radius 2 is 1.81 bits per heavy atom. The van der Waals surface area contributed by atoms with Gasteiger partial charge >= 0.3 is 5.97 Å². The maximum atomic E-state index is 12.0. The lowest BCUT2D eigenvalue weighted by molar-refractivity contribution is -0.146. The minimum Gasteiger partial charge on any atom is -0.469 e. The van der Waals surface area contributed by atoms with Crippen LogP contribution in [0.1, 0.15) is 45.4 Å². The van der Waals surface area contributed by atoms with Gasteiger partial charge in [-0.25, -0.2) is 0 Å². The molecule has 0 spiro atoms. The van der Waals surface area contributed by atoms with E-state index in [0.717, 1.165) is 12.5 Å². The first-order chi connectivity index (χ1) is 12.5. The molecule has 2 atom stereocenters. The molecule has 2 aliphatic rings. The molecule has 148 valence electrons. The Morgan fingerprint density at radius 1 is 1.12 bits per heavy atom. The fourth-order valence-corrected chi connectivity index (χ4v) is 4.03. The van der Waals surface area contributed by atoms with Crippen LogP contribution in [-0.4, -0.2) is 63.1 Å². The van der Waals surface area contributed by atoms with Gasteiger partial charge in [0.15, 0.2) is 5.96 Å². The van der Waals surface area contributed by atoms with Gasteiger partial charge in [-0.15, -0.1) is 0 Å². The lowest BCUT2D eigenvalue weighted by atomic mass is 9.87. The van der Waals surface area contributed by atoms with E-state index in [4.69, 9.17) is 4.74 Å². The second-order valence-corrected chi connectivity index (χ2v) is 7.54. The van der Waals surface area contributed by atoms with E-state index < -0.39 is 0 Å². The Balaban J connectivity index is 1.67. The average molecular weight is 367 g/mol. The molecule has 0 aromatic carbocycles. The highest BCUT2D eigenvalue weighted by Gasteiger charge is 2.36. The lowest BCUT2D eigenvalue weighted by Crippen LogP contribution is -2.43. The first-order valence-electron chi connectivity index (χ1n) is 9.85. The van der Waals surface area contributed by atoms with Crippen molar-refractivity contribution in [2.24, 2.45) is 22.7 Å². The normalized spacial score (nSPS) is 24.4. The summed E-state index contributed by atoms with van der Waals surface area (Å²) >= 11 is 0. The van der Waals surface area contributed by atoms with E-state index in [-0.39, 0.29) is 23.7 Å². The third-order valence-electron chi connectivity index (χ3n) is 5.56. The van der Waals surface area contributed by atoms with E-state index in [1.807, 2.05) is 0 Å². The molecule has 7 heteroatoms. The van der Waals surface area contributed by atoms with Crippen LogP contribution in [0.2, 0.25) is 0 Å². The summed E-state index contributed by atoms with van der Waals surface area (Å²) in [6.07, 6.45) is 6.86. The molecular formula is C19H34N4O3. The van der Waals surface area contributed by atoms with Crippen LogP contribution in [-0.2, 0) is 14.3 Å². The van der Waals surface area contributed by atoms with Gasteiger partial charge in [0.05, 0.1) is 13.0 Å². The van der Waals surface area contributed by atoms with Gasteiger partial charge in [0, 0.05) is 39.6 Å². The molecule has 0 radical (unpaired) electrons. The van der Waals surface area contributed by atoms with E-state index in [1.165, 1.54) is 39.2 Å². The van der Waals surface area contributed by atoms with E-state index >= 15 is 0 Å². The number of nitrogens with zero attached hydrogens (tertiary/aromatic N) is 2. The second kappa shape index (κ2) is 10.4. The Bertz CT molecular complexity index is 503. The number of ether oxygens (including phenoxy) is 1. The maximum absolute atomic E-state index is 12.0. The number of rotatable bonds is 6. The predicted molar refractivity (Wildman–Crippen MR) is 102 cm³/mol. The molecule has 0 bridgehead atoms. The van der Waals surface area contributed by atoms with Crippen molar-refractivity contribution < 1.29 is 14.3 Å². The molecule has 1 amide bonds. The zero-order valence-electron chi connectivity index (χ0n) is 16.4. The van der Waals surface area contributed by atoms with Gasteiger partial charge in [0.25, 0.3) is 0 Å². The highest BCUT2D eigenvalue weighted by Crippen LogP contribution is 2.26. The number of guanidine groups is 1. The fraction of sp³-hybridized carbons (Fsp3) is 0.842. The van der Waals surface area contributed by atoms with Gasteiger partial charge < -0.3 is 20.3 Å². The number of likely N-dealkylation sites (tertiary alicyclic amines) is 1. The number of nitrogens with one attached hydrogen (secondary N) is 2. The quantitative estimate of drug-likeness (QED) is 0.321. The summed E-state index contributed by atoms with van der Waals surface area (Å²) < 4.78 is 4.88. The van der Waals surface area contributed by atoms with Gasteiger partial charge in [0.1, 0.15) is 0 Å². The lowest BCUT2D eigenvalue weighted by Gasteiger charge is -2.22. The van der Waals surface area contributed by atoms with Crippen molar-refractivity contribution in [1.82, 2.24) is 15.5 Å². The van der Waals surface area contributed by atoms with Crippen LogP contribution in [0.25, 0.3) is 0 Å². The number of aliphatic imine (C=N–C) groups is 1. The van der Waals surface area contributed by atoms with E-state index in [0.29, 0.717) is 32.0 Å². The predicted octanol–water partition coefficient (Wildman–Crippen LogP) is 1.39. The van der Waals surface area contributed by atoms with Crippen LogP contribution in [0.15, 0.2) is 4.99 Å². The molecular weight excluding hydrogens is 332 g/mol. The molecule has 2 unspecified atom stereocenters. The van der Waals surface area contributed by atoms with E-state index in [1.54, 1.807) is 7.05 Å². The van der Waals surface area contributed by atoms with E-state index in [2.05, 4.69) is 27.4 Å². The molecule has 0 aromatic rings. The first-order valence-corrected chi connectivity index (χ1v) is 9.85. The summed E-state index contributed by atoms with van der Waals surface area (Å²) in [6, 6.07) is 0. The van der Waals surface area contributed by atoms with Crippen LogP contribution < -0.4 is 10.6 Å². The van der Waals surface area contributed by atoms with Crippen molar-refractivity contribution in [2.75, 3.05) is 40.3 Å². The van der Waals surface area contributed by atoms with Crippen molar-refractivity contribution in [2.45, 2.75) is 45.4 Å². The average Bonchev–Trinajstić information content (AvgIpc) is 3.03. The summed E-state index contributed by atoms with van der Waals surface area (Å²) in [5.41, 5.74) is 0. The van der Waals surface area contributed by atoms with Gasteiger partial charge in [-0.1, -0.05) is 26.2 Å². The largest absolute Gasteiger partial charge is 0.469 e. The Kier molecular flexibility index (Phi) is 8.19. The van der Waals surface area contributed by atoms with Gasteiger partial charge in [-0.3, -0.25) is 14.6 Å². The number of carbonyl (C=O) groups is 2. The number of amides is 1. The van der Waals surface area contributed by atoms with Crippen LogP contribution in [0.3, 0.4) is 0 Å². The Labute approximate surface area is 156 Å². The molecule has 1 saturated carbocycles. The molecule has 26 heavy (non-hydrogen) atoms. The summed E-state index contributed by atoms with van der Waals surface area (Å²) in [7, 11) is 3.17. The minimum absolute atomic E-state index is 0.117. The third kappa shape index (κ3) is 5.88. The van der Waals surface area contributed by atoms with Crippen LogP contribution in [0, 0.1) is 17.8 Å². The number of esters is 1. The summed E-state index contributed by atoms with van der Waals surface area (Å²) in [5, 5.41) is 6.27. The summed E-state index contributed by atoms with van der Waals surface area (Å²) in [6.45, 7) is 4.64. The standard InChI is InChI=1S/C19H34N4O3/c1-14-12-23(13-16(14)18(25)26-3)19(20-2)22-10-9-21-17(24)11-15-7-5-4-6-8-15/h14-16H,4-13H2,1-3H3,(H,20,22)(H,21,24). The van der Waals surface area contributed by atoms with Crippen LogP contribution >= 0.6 is 0 Å². The third-order valence-corrected chi connectivity index (χ3v) is 5.56. The highest BCUT2D eigenvalue weighted by molar-refractivity contribution is 5.82. The smallest absolute Gasteiger partial charge is 0.310 e. The number of hydrogen-bond acceptors (Lipinski definition) is 4. The fourth-order valence-electron chi connectivity index (χ4n) is 4.03. The number of methoxy groups -OCH3 is 1. The van der Waals surface area contributed by atoms with Crippen molar-refractivity contribution in [3.63, 3.8) is 0 Å². The Hall–Kier alpha value is -1.79. The molecule has 1 saturated heterocycles. The number of carbonyl (C=O) groups excluding carboxylic acids is 2. The molecule has 0 aromatic heterocycles. The van der Waals surface area contributed by atoms with Crippen molar-refractivity contribution in [1.29, 1.82) is 0 Å². The summed E-state index contributed by atoms with van der Waals surface area (Å²) in [5.74, 6) is 1.43. The molecule has 2 N–H and O–H groups in total. The van der Waals surface area contributed by atoms with Crippen molar-refractivity contribution >= 4 is 17.8 Å². The molecule has 2 rings (SSSR count). The van der Waals surface area contributed by atoms with E-state index in [9.17, 15) is 9.59 Å². The SMILES string of the molecule is CN=C(NCCNC(=O)CC1CCCCC1)N1CC(C)C(C(=O)OC)C1. The molecule has 7 nitrogen and oxygen atoms in total. The van der Waals surface area contributed by atoms with Gasteiger partial charge in [0.2, 0.25) is 5.91 Å². The second-order valence-electron chi connectivity index (χ2n) is 7.54. The zero-order valence-corrected chi connectivity index (χ0v) is 16.4. The van der Waals surface area contributed by atoms with Crippen LogP contribution in [0.5, 0.6) is 0 Å². The monoisotopic (exact) mass is 366 g/mol. The topological polar surface area (TPSA) is 83.0 Å². The molecule has 2 fully saturated rings. The maximum Gasteiger partial charge on any atom is 0.310 e. The summed E-state index contributed by atoms with van der Waals surface area (Å²) in [4.78, 5) is 30.2. The van der Waals surface area contributed by atoms with Gasteiger partial charge in [-0.05, 0) is 24.7 Å².